The molecule has 25 heavy (non-hydrogen) atoms. The number of aliphatic hydroxyl groups is 1. The molecule has 0 bridgehead atoms. The number of para-hydroxylation sites is 1. The number of nitrogens with zero attached hydrogens (tertiary/aromatic N) is 1. The van der Waals surface area contributed by atoms with Crippen molar-refractivity contribution in [3.63, 3.8) is 0 Å². The molecule has 5 nitrogen and oxygen atoms in total. The van der Waals surface area contributed by atoms with Crippen molar-refractivity contribution in [2.45, 2.75) is 18.6 Å². The number of hydrogen-bond donors (Lipinski definition) is 1. The zero-order valence-corrected chi connectivity index (χ0v) is 14.0. The number of fused-ring (bicyclic) bond motifs is 1. The van der Waals surface area contributed by atoms with Gasteiger partial charge in [-0.2, -0.15) is 0 Å². The van der Waals surface area contributed by atoms with E-state index in [-0.39, 0.29) is 12.2 Å². The van der Waals surface area contributed by atoms with Crippen molar-refractivity contribution in [2.75, 3.05) is 4.90 Å². The van der Waals surface area contributed by atoms with E-state index in [4.69, 9.17) is 4.42 Å². The number of anilines is 1. The largest absolute Gasteiger partial charge is 0.461 e. The second kappa shape index (κ2) is 5.98. The molecular formula is C19H15NO4S. The van der Waals surface area contributed by atoms with Crippen molar-refractivity contribution in [1.82, 2.24) is 0 Å². The Morgan fingerprint density at radius 3 is 2.72 bits per heavy atom. The normalized spacial score (nSPS) is 19.2. The van der Waals surface area contributed by atoms with Gasteiger partial charge in [-0.3, -0.25) is 9.59 Å². The topological polar surface area (TPSA) is 70.8 Å². The van der Waals surface area contributed by atoms with Crippen LogP contribution < -0.4 is 4.90 Å². The van der Waals surface area contributed by atoms with Crippen LogP contribution in [0, 0.1) is 0 Å². The summed E-state index contributed by atoms with van der Waals surface area (Å²) in [6, 6.07) is 14.0. The molecule has 2 aromatic heterocycles. The first-order valence-electron chi connectivity index (χ1n) is 7.82. The van der Waals surface area contributed by atoms with Crippen molar-refractivity contribution < 1.29 is 19.1 Å². The van der Waals surface area contributed by atoms with Gasteiger partial charge in [-0.25, -0.2) is 0 Å². The Bertz CT molecular complexity index is 917. The minimum absolute atomic E-state index is 0.135. The molecule has 3 heterocycles. The molecule has 1 atom stereocenters. The summed E-state index contributed by atoms with van der Waals surface area (Å²) in [5.74, 6) is -0.758. The molecule has 0 spiro atoms. The zero-order valence-electron chi connectivity index (χ0n) is 13.2. The van der Waals surface area contributed by atoms with Gasteiger partial charge >= 0.3 is 0 Å². The first-order chi connectivity index (χ1) is 12.1. The van der Waals surface area contributed by atoms with Gasteiger partial charge in [0.15, 0.2) is 11.4 Å². The molecule has 1 aromatic carbocycles. The van der Waals surface area contributed by atoms with Crippen molar-refractivity contribution in [1.29, 1.82) is 0 Å². The van der Waals surface area contributed by atoms with Crippen molar-refractivity contribution in [3.8, 4) is 0 Å². The van der Waals surface area contributed by atoms with Crippen LogP contribution in [0.1, 0.15) is 27.4 Å². The first kappa shape index (κ1) is 15.8. The molecule has 126 valence electrons. The number of amides is 1. The number of carbonyl (C=O) groups is 2. The third-order valence-corrected chi connectivity index (χ3v) is 5.21. The maximum Gasteiger partial charge on any atom is 0.264 e. The summed E-state index contributed by atoms with van der Waals surface area (Å²) >= 11 is 1.54. The first-order valence-corrected chi connectivity index (χ1v) is 8.70. The Hall–Kier alpha value is -2.70. The summed E-state index contributed by atoms with van der Waals surface area (Å²) in [5.41, 5.74) is -0.787. The van der Waals surface area contributed by atoms with E-state index in [1.165, 1.54) is 17.2 Å². The summed E-state index contributed by atoms with van der Waals surface area (Å²) in [4.78, 5) is 28.0. The Labute approximate surface area is 148 Å². The van der Waals surface area contributed by atoms with Gasteiger partial charge in [0.1, 0.15) is 0 Å². The van der Waals surface area contributed by atoms with E-state index in [2.05, 4.69) is 0 Å². The quantitative estimate of drug-likeness (QED) is 0.714. The van der Waals surface area contributed by atoms with Crippen LogP contribution >= 0.6 is 11.3 Å². The van der Waals surface area contributed by atoms with Gasteiger partial charge in [0, 0.05) is 10.4 Å². The summed E-state index contributed by atoms with van der Waals surface area (Å²) in [6.45, 7) is 0.366. The van der Waals surface area contributed by atoms with Crippen LogP contribution in [0.25, 0.3) is 0 Å². The van der Waals surface area contributed by atoms with Crippen LogP contribution in [0.3, 0.4) is 0 Å². The Balaban J connectivity index is 1.70. The Morgan fingerprint density at radius 1 is 1.16 bits per heavy atom. The number of rotatable bonds is 5. The molecule has 0 saturated heterocycles. The average Bonchev–Trinajstić information content (AvgIpc) is 3.35. The molecule has 0 saturated carbocycles. The maximum absolute atomic E-state index is 13.0. The van der Waals surface area contributed by atoms with E-state index in [1.54, 1.807) is 35.6 Å². The number of carbonyl (C=O) groups excluding carboxylic acids is 2. The molecular weight excluding hydrogens is 338 g/mol. The predicted octanol–water partition coefficient (Wildman–Crippen LogP) is 3.35. The van der Waals surface area contributed by atoms with E-state index >= 15 is 0 Å². The zero-order chi connectivity index (χ0) is 17.4. The van der Waals surface area contributed by atoms with Gasteiger partial charge < -0.3 is 14.4 Å². The van der Waals surface area contributed by atoms with Crippen molar-refractivity contribution in [3.05, 3.63) is 76.4 Å². The third-order valence-electron chi connectivity index (χ3n) is 4.35. The molecule has 1 aliphatic heterocycles. The fraction of sp³-hybridized carbons (Fsp3) is 0.158. The molecule has 0 fully saturated rings. The fourth-order valence-corrected chi connectivity index (χ4v) is 3.84. The lowest BCUT2D eigenvalue weighted by Crippen LogP contribution is -2.41. The van der Waals surface area contributed by atoms with Crippen LogP contribution in [-0.2, 0) is 16.9 Å². The summed E-state index contributed by atoms with van der Waals surface area (Å²) in [5, 5.41) is 13.1. The van der Waals surface area contributed by atoms with Gasteiger partial charge in [-0.15, -0.1) is 11.3 Å². The SMILES string of the molecule is O=C(C[C@]1(O)C(=O)N(Cc2cccs2)c2ccccc21)c1ccco1. The van der Waals surface area contributed by atoms with Crippen molar-refractivity contribution in [2.24, 2.45) is 0 Å². The number of benzene rings is 1. The van der Waals surface area contributed by atoms with Crippen LogP contribution in [0.15, 0.2) is 64.6 Å². The number of hydrogen-bond acceptors (Lipinski definition) is 5. The highest BCUT2D eigenvalue weighted by atomic mass is 32.1. The van der Waals surface area contributed by atoms with Crippen LogP contribution in [0.5, 0.6) is 0 Å². The lowest BCUT2D eigenvalue weighted by molar-refractivity contribution is -0.136. The average molecular weight is 353 g/mol. The highest BCUT2D eigenvalue weighted by Crippen LogP contribution is 2.43. The van der Waals surface area contributed by atoms with Gasteiger partial charge in [0.05, 0.1) is 24.9 Å². The predicted molar refractivity (Wildman–Crippen MR) is 93.5 cm³/mol. The fourth-order valence-electron chi connectivity index (χ4n) is 3.15. The van der Waals surface area contributed by atoms with Crippen LogP contribution in [-0.4, -0.2) is 16.8 Å². The molecule has 6 heteroatoms. The third kappa shape index (κ3) is 2.59. The summed E-state index contributed by atoms with van der Waals surface area (Å²) in [6.07, 6.45) is 1.04. The molecule has 4 rings (SSSR count). The summed E-state index contributed by atoms with van der Waals surface area (Å²) in [7, 11) is 0. The minimum atomic E-state index is -1.88. The Morgan fingerprint density at radius 2 is 2.00 bits per heavy atom. The Kier molecular flexibility index (Phi) is 3.78. The molecule has 1 aliphatic rings. The smallest absolute Gasteiger partial charge is 0.264 e. The molecule has 0 radical (unpaired) electrons. The maximum atomic E-state index is 13.0. The standard InChI is InChI=1S/C19H15NO4S/c21-16(17-8-3-9-24-17)11-19(23)14-6-1-2-7-15(14)20(18(19)22)12-13-5-4-10-25-13/h1-10,23H,11-12H2/t19-/m1/s1. The molecule has 1 amide bonds. The van der Waals surface area contributed by atoms with E-state index in [0.717, 1.165) is 4.88 Å². The number of ketones is 1. The van der Waals surface area contributed by atoms with Crippen LogP contribution in [0.4, 0.5) is 5.69 Å². The molecule has 0 aliphatic carbocycles. The van der Waals surface area contributed by atoms with Gasteiger partial charge in [0.25, 0.3) is 5.91 Å². The van der Waals surface area contributed by atoms with Gasteiger partial charge in [-0.05, 0) is 29.6 Å². The number of furan rings is 1. The van der Waals surface area contributed by atoms with Gasteiger partial charge in [0.2, 0.25) is 5.78 Å². The molecule has 1 N–H and O–H groups in total. The van der Waals surface area contributed by atoms with E-state index < -0.39 is 17.3 Å². The monoisotopic (exact) mass is 353 g/mol. The molecule has 0 unspecified atom stereocenters. The lowest BCUT2D eigenvalue weighted by Gasteiger charge is -2.22. The van der Waals surface area contributed by atoms with E-state index in [9.17, 15) is 14.7 Å². The highest BCUT2D eigenvalue weighted by molar-refractivity contribution is 7.09. The highest BCUT2D eigenvalue weighted by Gasteiger charge is 2.51. The lowest BCUT2D eigenvalue weighted by atomic mass is 9.89. The molecule has 3 aromatic rings. The number of thiophene rings is 1. The second-order valence-corrected chi connectivity index (χ2v) is 6.96. The van der Waals surface area contributed by atoms with E-state index in [1.807, 2.05) is 23.6 Å². The van der Waals surface area contributed by atoms with E-state index in [0.29, 0.717) is 17.8 Å². The van der Waals surface area contributed by atoms with Crippen LogP contribution in [0.2, 0.25) is 0 Å². The summed E-state index contributed by atoms with van der Waals surface area (Å²) < 4.78 is 5.10. The van der Waals surface area contributed by atoms with Gasteiger partial charge in [-0.1, -0.05) is 24.3 Å². The second-order valence-electron chi connectivity index (χ2n) is 5.93. The minimum Gasteiger partial charge on any atom is -0.461 e. The number of Topliss-reactive ketones (excluding diaryl/α,β-unsaturated/α-hetero) is 1. The van der Waals surface area contributed by atoms with Crippen molar-refractivity contribution >= 4 is 28.7 Å².